The lowest BCUT2D eigenvalue weighted by Crippen LogP contribution is -2.38. The number of aryl methyl sites for hydroxylation is 1. The molecule has 0 saturated carbocycles. The SMILES string of the molecule is CC(=O)Nc1cc(NC(C)CNC(=O)OC(C)(C)C)ccc1C. The zero-order valence-corrected chi connectivity index (χ0v) is 14.7. The minimum Gasteiger partial charge on any atom is -0.444 e. The largest absolute Gasteiger partial charge is 0.444 e. The van der Waals surface area contributed by atoms with E-state index in [1.165, 1.54) is 6.92 Å². The number of alkyl carbamates (subject to hydrolysis) is 1. The Labute approximate surface area is 138 Å². The van der Waals surface area contributed by atoms with Crippen molar-refractivity contribution in [3.05, 3.63) is 23.8 Å². The van der Waals surface area contributed by atoms with Gasteiger partial charge in [-0.3, -0.25) is 4.79 Å². The third-order valence-corrected chi connectivity index (χ3v) is 2.91. The number of benzene rings is 1. The molecule has 1 aromatic carbocycles. The summed E-state index contributed by atoms with van der Waals surface area (Å²) in [5.74, 6) is -0.107. The molecule has 1 aromatic rings. The van der Waals surface area contributed by atoms with Crippen molar-refractivity contribution in [3.8, 4) is 0 Å². The van der Waals surface area contributed by atoms with Gasteiger partial charge in [0.15, 0.2) is 0 Å². The molecule has 2 amide bonds. The first-order valence-corrected chi connectivity index (χ1v) is 7.68. The van der Waals surface area contributed by atoms with E-state index in [-0.39, 0.29) is 11.9 Å². The molecular weight excluding hydrogens is 294 g/mol. The van der Waals surface area contributed by atoms with Crippen molar-refractivity contribution < 1.29 is 14.3 Å². The fraction of sp³-hybridized carbons (Fsp3) is 0.529. The van der Waals surface area contributed by atoms with E-state index < -0.39 is 11.7 Å². The molecule has 0 aliphatic heterocycles. The molecule has 0 aromatic heterocycles. The molecule has 0 spiro atoms. The van der Waals surface area contributed by atoms with Gasteiger partial charge in [-0.2, -0.15) is 0 Å². The number of ether oxygens (including phenoxy) is 1. The maximum atomic E-state index is 11.6. The first-order valence-electron chi connectivity index (χ1n) is 7.68. The number of hydrogen-bond acceptors (Lipinski definition) is 4. The van der Waals surface area contributed by atoms with Crippen molar-refractivity contribution >= 4 is 23.4 Å². The summed E-state index contributed by atoms with van der Waals surface area (Å²) in [4.78, 5) is 22.8. The molecule has 0 saturated heterocycles. The van der Waals surface area contributed by atoms with Gasteiger partial charge in [0.25, 0.3) is 0 Å². The highest BCUT2D eigenvalue weighted by Gasteiger charge is 2.16. The Morgan fingerprint density at radius 3 is 2.48 bits per heavy atom. The highest BCUT2D eigenvalue weighted by molar-refractivity contribution is 5.90. The van der Waals surface area contributed by atoms with E-state index in [9.17, 15) is 9.59 Å². The molecule has 23 heavy (non-hydrogen) atoms. The van der Waals surface area contributed by atoms with Crippen LogP contribution in [-0.2, 0) is 9.53 Å². The molecule has 0 radical (unpaired) electrons. The van der Waals surface area contributed by atoms with Crippen molar-refractivity contribution in [2.24, 2.45) is 0 Å². The molecule has 3 N–H and O–H groups in total. The highest BCUT2D eigenvalue weighted by Crippen LogP contribution is 2.20. The van der Waals surface area contributed by atoms with Gasteiger partial charge in [-0.1, -0.05) is 6.07 Å². The molecule has 128 valence electrons. The second kappa shape index (κ2) is 7.85. The smallest absolute Gasteiger partial charge is 0.407 e. The van der Waals surface area contributed by atoms with Crippen molar-refractivity contribution in [3.63, 3.8) is 0 Å². The minimum absolute atomic E-state index is 0.00963. The van der Waals surface area contributed by atoms with Gasteiger partial charge in [0.2, 0.25) is 5.91 Å². The molecule has 0 fully saturated rings. The summed E-state index contributed by atoms with van der Waals surface area (Å²) in [7, 11) is 0. The molecule has 1 unspecified atom stereocenters. The lowest BCUT2D eigenvalue weighted by Gasteiger charge is -2.21. The second-order valence-corrected chi connectivity index (χ2v) is 6.64. The van der Waals surface area contributed by atoms with E-state index in [1.807, 2.05) is 52.8 Å². The maximum Gasteiger partial charge on any atom is 0.407 e. The van der Waals surface area contributed by atoms with Crippen LogP contribution in [0.15, 0.2) is 18.2 Å². The Hall–Kier alpha value is -2.24. The van der Waals surface area contributed by atoms with Gasteiger partial charge in [0, 0.05) is 30.9 Å². The summed E-state index contributed by atoms with van der Waals surface area (Å²) >= 11 is 0. The van der Waals surface area contributed by atoms with Crippen LogP contribution in [0.4, 0.5) is 16.2 Å². The summed E-state index contributed by atoms with van der Waals surface area (Å²) in [5.41, 5.74) is 2.13. The van der Waals surface area contributed by atoms with E-state index in [4.69, 9.17) is 4.74 Å². The first kappa shape index (κ1) is 18.8. The van der Waals surface area contributed by atoms with Crippen LogP contribution >= 0.6 is 0 Å². The van der Waals surface area contributed by atoms with E-state index in [1.54, 1.807) is 0 Å². The summed E-state index contributed by atoms with van der Waals surface area (Å²) in [6.45, 7) is 11.3. The Balaban J connectivity index is 2.55. The predicted octanol–water partition coefficient (Wildman–Crippen LogP) is 3.28. The number of nitrogens with one attached hydrogen (secondary N) is 3. The van der Waals surface area contributed by atoms with Gasteiger partial charge in [0.05, 0.1) is 0 Å². The summed E-state index contributed by atoms with van der Waals surface area (Å²) in [6, 6.07) is 5.75. The predicted molar refractivity (Wildman–Crippen MR) is 92.8 cm³/mol. The lowest BCUT2D eigenvalue weighted by atomic mass is 10.1. The Morgan fingerprint density at radius 1 is 1.26 bits per heavy atom. The van der Waals surface area contributed by atoms with Crippen molar-refractivity contribution in [1.29, 1.82) is 0 Å². The van der Waals surface area contributed by atoms with Crippen LogP contribution in [-0.4, -0.2) is 30.2 Å². The molecule has 0 aliphatic rings. The molecule has 6 heteroatoms. The van der Waals surface area contributed by atoms with E-state index in [2.05, 4.69) is 16.0 Å². The molecule has 1 rings (SSSR count). The molecule has 6 nitrogen and oxygen atoms in total. The van der Waals surface area contributed by atoms with Gasteiger partial charge in [0.1, 0.15) is 5.60 Å². The quantitative estimate of drug-likeness (QED) is 0.777. The van der Waals surface area contributed by atoms with Crippen LogP contribution in [0.2, 0.25) is 0 Å². The Morgan fingerprint density at radius 2 is 1.91 bits per heavy atom. The maximum absolute atomic E-state index is 11.6. The van der Waals surface area contributed by atoms with Crippen LogP contribution in [0.1, 0.15) is 40.2 Å². The number of rotatable bonds is 5. The molecule has 0 bridgehead atoms. The van der Waals surface area contributed by atoms with Gasteiger partial charge in [-0.15, -0.1) is 0 Å². The third-order valence-electron chi connectivity index (χ3n) is 2.91. The summed E-state index contributed by atoms with van der Waals surface area (Å²) in [6.07, 6.45) is -0.436. The average Bonchev–Trinajstić information content (AvgIpc) is 2.38. The number of carbonyl (C=O) groups excluding carboxylic acids is 2. The van der Waals surface area contributed by atoms with Crippen LogP contribution in [0, 0.1) is 6.92 Å². The fourth-order valence-electron chi connectivity index (χ4n) is 1.92. The molecule has 0 heterocycles. The van der Waals surface area contributed by atoms with Crippen molar-refractivity contribution in [2.75, 3.05) is 17.2 Å². The van der Waals surface area contributed by atoms with Crippen LogP contribution in [0.5, 0.6) is 0 Å². The standard InChI is InChI=1S/C17H27N3O3/c1-11-7-8-14(9-15(11)20-13(3)21)19-12(2)10-18-16(22)23-17(4,5)6/h7-9,12,19H,10H2,1-6H3,(H,18,22)(H,20,21). The minimum atomic E-state index is -0.509. The highest BCUT2D eigenvalue weighted by atomic mass is 16.6. The van der Waals surface area contributed by atoms with E-state index in [0.29, 0.717) is 6.54 Å². The second-order valence-electron chi connectivity index (χ2n) is 6.64. The van der Waals surface area contributed by atoms with Gasteiger partial charge >= 0.3 is 6.09 Å². The molecular formula is C17H27N3O3. The van der Waals surface area contributed by atoms with Crippen molar-refractivity contribution in [1.82, 2.24) is 5.32 Å². The number of carbonyl (C=O) groups is 2. The Bertz CT molecular complexity index is 565. The monoisotopic (exact) mass is 321 g/mol. The molecule has 1 atom stereocenters. The number of hydrogen-bond donors (Lipinski definition) is 3. The Kier molecular flexibility index (Phi) is 6.42. The van der Waals surface area contributed by atoms with Gasteiger partial charge in [-0.05, 0) is 52.3 Å². The van der Waals surface area contributed by atoms with Gasteiger partial charge < -0.3 is 20.7 Å². The zero-order chi connectivity index (χ0) is 17.6. The fourth-order valence-corrected chi connectivity index (χ4v) is 1.92. The van der Waals surface area contributed by atoms with Crippen LogP contribution in [0.25, 0.3) is 0 Å². The third kappa shape index (κ3) is 7.54. The van der Waals surface area contributed by atoms with Gasteiger partial charge in [-0.25, -0.2) is 4.79 Å². The normalized spacial score (nSPS) is 12.3. The van der Waals surface area contributed by atoms with E-state index in [0.717, 1.165) is 16.9 Å². The summed E-state index contributed by atoms with van der Waals surface area (Å²) in [5, 5.41) is 8.80. The lowest BCUT2D eigenvalue weighted by molar-refractivity contribution is -0.114. The van der Waals surface area contributed by atoms with E-state index >= 15 is 0 Å². The number of amides is 2. The number of anilines is 2. The summed E-state index contributed by atoms with van der Waals surface area (Å²) < 4.78 is 5.19. The van der Waals surface area contributed by atoms with Crippen LogP contribution < -0.4 is 16.0 Å². The topological polar surface area (TPSA) is 79.5 Å². The first-order chi connectivity index (χ1) is 10.6. The average molecular weight is 321 g/mol. The molecule has 0 aliphatic carbocycles. The van der Waals surface area contributed by atoms with Crippen molar-refractivity contribution in [2.45, 2.75) is 53.2 Å². The zero-order valence-electron chi connectivity index (χ0n) is 14.7. The van der Waals surface area contributed by atoms with Crippen LogP contribution in [0.3, 0.4) is 0 Å².